The van der Waals surface area contributed by atoms with Crippen molar-refractivity contribution >= 4 is 5.91 Å². The second kappa shape index (κ2) is 6.86. The minimum Gasteiger partial charge on any atom is -0.366 e. The molecule has 20 heavy (non-hydrogen) atoms. The standard InChI is InChI=1S/C16H25N3O/c1-12(2)19(11-15-7-4-8-18-15)10-13-5-3-6-14(9-13)16(17)20/h3,5-6,9,12,15,18H,4,7-8,10-11H2,1-2H3,(H2,17,20). The van der Waals surface area contributed by atoms with Gasteiger partial charge in [0.2, 0.25) is 5.91 Å². The van der Waals surface area contributed by atoms with Crippen molar-refractivity contribution < 1.29 is 4.79 Å². The van der Waals surface area contributed by atoms with Crippen molar-refractivity contribution in [2.75, 3.05) is 13.1 Å². The third-order valence-electron chi connectivity index (χ3n) is 3.94. The Balaban J connectivity index is 2.03. The fourth-order valence-electron chi connectivity index (χ4n) is 2.71. The highest BCUT2D eigenvalue weighted by molar-refractivity contribution is 5.92. The summed E-state index contributed by atoms with van der Waals surface area (Å²) >= 11 is 0. The molecule has 0 spiro atoms. The van der Waals surface area contributed by atoms with Crippen LogP contribution in [0, 0.1) is 0 Å². The molecule has 3 N–H and O–H groups in total. The van der Waals surface area contributed by atoms with Crippen LogP contribution < -0.4 is 11.1 Å². The predicted octanol–water partition coefficient (Wildman–Crippen LogP) is 1.75. The lowest BCUT2D eigenvalue weighted by atomic mass is 10.1. The molecule has 2 rings (SSSR count). The second-order valence-corrected chi connectivity index (χ2v) is 5.88. The van der Waals surface area contributed by atoms with E-state index in [4.69, 9.17) is 5.73 Å². The first kappa shape index (κ1) is 15.0. The van der Waals surface area contributed by atoms with E-state index in [9.17, 15) is 4.79 Å². The minimum atomic E-state index is -0.361. The molecule has 1 saturated heterocycles. The van der Waals surface area contributed by atoms with E-state index in [0.29, 0.717) is 17.6 Å². The largest absolute Gasteiger partial charge is 0.366 e. The number of hydrogen-bond acceptors (Lipinski definition) is 3. The SMILES string of the molecule is CC(C)N(Cc1cccc(C(N)=O)c1)CC1CCCN1. The molecule has 1 aliphatic heterocycles. The Hall–Kier alpha value is -1.39. The van der Waals surface area contributed by atoms with Crippen LogP contribution >= 0.6 is 0 Å². The molecule has 1 aromatic carbocycles. The molecule has 1 heterocycles. The number of benzene rings is 1. The third kappa shape index (κ3) is 4.05. The summed E-state index contributed by atoms with van der Waals surface area (Å²) in [5.41, 5.74) is 7.08. The normalized spacial score (nSPS) is 18.9. The first-order valence-electron chi connectivity index (χ1n) is 7.42. The zero-order chi connectivity index (χ0) is 14.5. The van der Waals surface area contributed by atoms with Crippen LogP contribution in [0.1, 0.15) is 42.6 Å². The van der Waals surface area contributed by atoms with Crippen LogP contribution in [-0.4, -0.2) is 36.0 Å². The van der Waals surface area contributed by atoms with Crippen LogP contribution in [0.4, 0.5) is 0 Å². The van der Waals surface area contributed by atoms with Gasteiger partial charge in [0.1, 0.15) is 0 Å². The Morgan fingerprint density at radius 1 is 1.50 bits per heavy atom. The highest BCUT2D eigenvalue weighted by Crippen LogP contribution is 2.14. The monoisotopic (exact) mass is 275 g/mol. The van der Waals surface area contributed by atoms with E-state index < -0.39 is 0 Å². The summed E-state index contributed by atoms with van der Waals surface area (Å²) in [4.78, 5) is 13.7. The van der Waals surface area contributed by atoms with Crippen molar-refractivity contribution in [3.63, 3.8) is 0 Å². The summed E-state index contributed by atoms with van der Waals surface area (Å²) in [6, 6.07) is 8.71. The number of nitrogens with one attached hydrogen (secondary N) is 1. The number of carbonyl (C=O) groups excluding carboxylic acids is 1. The van der Waals surface area contributed by atoms with E-state index in [1.165, 1.54) is 12.8 Å². The van der Waals surface area contributed by atoms with Gasteiger partial charge >= 0.3 is 0 Å². The van der Waals surface area contributed by atoms with Gasteiger partial charge in [0.15, 0.2) is 0 Å². The van der Waals surface area contributed by atoms with Crippen molar-refractivity contribution in [1.82, 2.24) is 10.2 Å². The smallest absolute Gasteiger partial charge is 0.248 e. The van der Waals surface area contributed by atoms with Gasteiger partial charge in [-0.1, -0.05) is 12.1 Å². The van der Waals surface area contributed by atoms with Crippen molar-refractivity contribution in [1.29, 1.82) is 0 Å². The zero-order valence-electron chi connectivity index (χ0n) is 12.4. The molecular formula is C16H25N3O. The van der Waals surface area contributed by atoms with Crippen LogP contribution in [0.15, 0.2) is 24.3 Å². The number of hydrogen-bond donors (Lipinski definition) is 2. The Labute approximate surface area is 121 Å². The summed E-state index contributed by atoms with van der Waals surface area (Å²) in [5, 5.41) is 3.54. The molecule has 0 radical (unpaired) electrons. The minimum absolute atomic E-state index is 0.361. The number of amides is 1. The molecule has 1 unspecified atom stereocenters. The average molecular weight is 275 g/mol. The van der Waals surface area contributed by atoms with Gasteiger partial charge < -0.3 is 11.1 Å². The van der Waals surface area contributed by atoms with Gasteiger partial charge in [-0.2, -0.15) is 0 Å². The molecule has 1 aromatic rings. The highest BCUT2D eigenvalue weighted by Gasteiger charge is 2.19. The van der Waals surface area contributed by atoms with E-state index in [1.807, 2.05) is 12.1 Å². The summed E-state index contributed by atoms with van der Waals surface area (Å²) < 4.78 is 0. The number of rotatable bonds is 6. The fourth-order valence-corrected chi connectivity index (χ4v) is 2.71. The first-order valence-corrected chi connectivity index (χ1v) is 7.42. The number of primary amides is 1. The molecule has 4 nitrogen and oxygen atoms in total. The summed E-state index contributed by atoms with van der Waals surface area (Å²) in [6.45, 7) is 7.48. The van der Waals surface area contributed by atoms with Crippen molar-refractivity contribution in [3.8, 4) is 0 Å². The number of nitrogens with zero attached hydrogens (tertiary/aromatic N) is 1. The van der Waals surface area contributed by atoms with Crippen LogP contribution in [-0.2, 0) is 6.54 Å². The van der Waals surface area contributed by atoms with E-state index in [0.717, 1.165) is 25.2 Å². The lowest BCUT2D eigenvalue weighted by Crippen LogP contribution is -2.40. The first-order chi connectivity index (χ1) is 9.56. The van der Waals surface area contributed by atoms with Crippen LogP contribution in [0.5, 0.6) is 0 Å². The van der Waals surface area contributed by atoms with Crippen molar-refractivity contribution in [2.24, 2.45) is 5.73 Å². The molecule has 0 bridgehead atoms. The second-order valence-electron chi connectivity index (χ2n) is 5.88. The van der Waals surface area contributed by atoms with E-state index >= 15 is 0 Å². The van der Waals surface area contributed by atoms with Gasteiger partial charge in [-0.15, -0.1) is 0 Å². The summed E-state index contributed by atoms with van der Waals surface area (Å²) in [6.07, 6.45) is 2.53. The van der Waals surface area contributed by atoms with E-state index in [2.05, 4.69) is 30.1 Å². The Kier molecular flexibility index (Phi) is 5.15. The van der Waals surface area contributed by atoms with Gasteiger partial charge in [-0.3, -0.25) is 9.69 Å². The average Bonchev–Trinajstić information content (AvgIpc) is 2.91. The quantitative estimate of drug-likeness (QED) is 0.831. The van der Waals surface area contributed by atoms with Gasteiger partial charge in [0.05, 0.1) is 0 Å². The van der Waals surface area contributed by atoms with E-state index in [-0.39, 0.29) is 5.91 Å². The predicted molar refractivity (Wildman–Crippen MR) is 81.5 cm³/mol. The third-order valence-corrected chi connectivity index (χ3v) is 3.94. The summed E-state index contributed by atoms with van der Waals surface area (Å²) in [7, 11) is 0. The van der Waals surface area contributed by atoms with E-state index in [1.54, 1.807) is 6.07 Å². The molecule has 0 aliphatic carbocycles. The van der Waals surface area contributed by atoms with Gasteiger partial charge in [0.25, 0.3) is 0 Å². The summed E-state index contributed by atoms with van der Waals surface area (Å²) in [5.74, 6) is -0.361. The molecule has 0 saturated carbocycles. The Morgan fingerprint density at radius 3 is 2.90 bits per heavy atom. The van der Waals surface area contributed by atoms with Crippen LogP contribution in [0.3, 0.4) is 0 Å². The van der Waals surface area contributed by atoms with Gasteiger partial charge in [0, 0.05) is 30.7 Å². The lowest BCUT2D eigenvalue weighted by Gasteiger charge is -2.29. The fraction of sp³-hybridized carbons (Fsp3) is 0.562. The number of nitrogens with two attached hydrogens (primary N) is 1. The molecule has 0 aromatic heterocycles. The molecule has 110 valence electrons. The molecule has 1 aliphatic rings. The lowest BCUT2D eigenvalue weighted by molar-refractivity contribution is 0.1000. The maximum Gasteiger partial charge on any atom is 0.248 e. The molecule has 4 heteroatoms. The van der Waals surface area contributed by atoms with Crippen molar-refractivity contribution in [2.45, 2.75) is 45.3 Å². The Bertz CT molecular complexity index is 453. The zero-order valence-corrected chi connectivity index (χ0v) is 12.4. The highest BCUT2D eigenvalue weighted by atomic mass is 16.1. The van der Waals surface area contributed by atoms with Crippen LogP contribution in [0.25, 0.3) is 0 Å². The topological polar surface area (TPSA) is 58.4 Å². The molecule has 1 atom stereocenters. The Morgan fingerprint density at radius 2 is 2.30 bits per heavy atom. The molecule has 1 fully saturated rings. The maximum atomic E-state index is 11.3. The molecule has 1 amide bonds. The van der Waals surface area contributed by atoms with Crippen molar-refractivity contribution in [3.05, 3.63) is 35.4 Å². The molecular weight excluding hydrogens is 250 g/mol. The maximum absolute atomic E-state index is 11.3. The number of carbonyl (C=O) groups is 1. The van der Waals surface area contributed by atoms with Crippen LogP contribution in [0.2, 0.25) is 0 Å². The van der Waals surface area contributed by atoms with Gasteiger partial charge in [-0.05, 0) is 50.9 Å². The van der Waals surface area contributed by atoms with Gasteiger partial charge in [-0.25, -0.2) is 0 Å².